The fourth-order valence-corrected chi connectivity index (χ4v) is 2.57. The maximum Gasteiger partial charge on any atom is 0.519 e. The number of aromatic nitrogens is 2. The minimum atomic E-state index is -2.68. The van der Waals surface area contributed by atoms with Crippen LogP contribution in [-0.4, -0.2) is 45.2 Å². The van der Waals surface area contributed by atoms with E-state index in [0.717, 1.165) is 0 Å². The number of alkyl halides is 4. The van der Waals surface area contributed by atoms with Gasteiger partial charge in [-0.3, -0.25) is 9.97 Å². The molecule has 0 saturated heterocycles. The number of ether oxygens (including phenoxy) is 4. The Morgan fingerprint density at radius 1 is 0.773 bits per heavy atom. The fourth-order valence-electron chi connectivity index (χ4n) is 2.57. The Morgan fingerprint density at radius 2 is 1.20 bits per heavy atom. The summed E-state index contributed by atoms with van der Waals surface area (Å²) in [5.74, 6) is 0. The van der Waals surface area contributed by atoms with E-state index in [1.807, 2.05) is 0 Å². The first kappa shape index (κ1) is 39.5. The molecular weight excluding hydrogens is 592 g/mol. The van der Waals surface area contributed by atoms with Crippen LogP contribution in [0, 0.1) is 11.3 Å². The molecule has 0 aliphatic heterocycles. The Kier molecular flexibility index (Phi) is 15.8. The Bertz CT molecular complexity index is 1240. The van der Waals surface area contributed by atoms with E-state index in [1.54, 1.807) is 68.4 Å². The van der Waals surface area contributed by atoms with Crippen molar-refractivity contribution in [3.63, 3.8) is 0 Å². The second-order valence-electron chi connectivity index (χ2n) is 11.6. The number of carbonyl (C=O) groups excluding carboxylic acids is 3. The van der Waals surface area contributed by atoms with Gasteiger partial charge in [0.25, 0.3) is 12.9 Å². The largest absolute Gasteiger partial charge is 0.519 e. The molecule has 15 heteroatoms. The van der Waals surface area contributed by atoms with Crippen molar-refractivity contribution < 1.29 is 50.9 Å². The molecule has 0 unspecified atom stereocenters. The van der Waals surface area contributed by atoms with Gasteiger partial charge in [0.1, 0.15) is 34.3 Å². The van der Waals surface area contributed by atoms with Crippen LogP contribution in [-0.2, 0) is 25.5 Å². The van der Waals surface area contributed by atoms with Crippen LogP contribution in [0.25, 0.3) is 0 Å². The highest BCUT2D eigenvalue weighted by molar-refractivity contribution is 5.77. The number of alkyl carbamates (subject to hydrolysis) is 1. The quantitative estimate of drug-likeness (QED) is 0.153. The lowest BCUT2D eigenvalue weighted by atomic mass is 10.2. The van der Waals surface area contributed by atoms with E-state index in [-0.39, 0.29) is 23.4 Å². The third kappa shape index (κ3) is 18.9. The van der Waals surface area contributed by atoms with Crippen LogP contribution in [0.4, 0.5) is 31.9 Å². The van der Waals surface area contributed by atoms with Crippen LogP contribution in [0.3, 0.4) is 0 Å². The van der Waals surface area contributed by atoms with Gasteiger partial charge in [0.15, 0.2) is 0 Å². The maximum atomic E-state index is 12.6. The molecule has 0 aliphatic rings. The first-order valence-electron chi connectivity index (χ1n) is 13.0. The summed E-state index contributed by atoms with van der Waals surface area (Å²) in [4.78, 5) is 40.4. The van der Waals surface area contributed by atoms with Crippen molar-refractivity contribution in [3.8, 4) is 6.07 Å². The number of halogens is 4. The van der Waals surface area contributed by atoms with Gasteiger partial charge in [-0.15, -0.1) is 0 Å². The highest BCUT2D eigenvalue weighted by atomic mass is 19.3. The number of rotatable bonds is 4. The molecule has 0 atom stereocenters. The molecule has 2 rings (SSSR count). The molecule has 2 aromatic rings. The van der Waals surface area contributed by atoms with Crippen molar-refractivity contribution in [2.24, 2.45) is 0 Å². The summed E-state index contributed by atoms with van der Waals surface area (Å²) in [5, 5.41) is 10.8. The van der Waals surface area contributed by atoms with Crippen LogP contribution in [0.1, 0.15) is 97.7 Å². The fraction of sp³-hybridized carbons (Fsp3) is 0.517. The van der Waals surface area contributed by atoms with Gasteiger partial charge in [-0.1, -0.05) is 6.07 Å². The van der Waals surface area contributed by atoms with Crippen LogP contribution in [0.5, 0.6) is 0 Å². The van der Waals surface area contributed by atoms with Crippen molar-refractivity contribution in [1.82, 2.24) is 15.3 Å². The van der Waals surface area contributed by atoms with E-state index in [9.17, 15) is 31.9 Å². The molecule has 0 bridgehead atoms. The molecule has 0 aliphatic carbocycles. The average molecular weight is 631 g/mol. The van der Waals surface area contributed by atoms with Crippen LogP contribution < -0.4 is 5.32 Å². The van der Waals surface area contributed by atoms with Gasteiger partial charge in [0.05, 0.1) is 5.56 Å². The minimum Gasteiger partial charge on any atom is -0.444 e. The zero-order valence-electron chi connectivity index (χ0n) is 26.0. The Hall–Kier alpha value is -4.48. The van der Waals surface area contributed by atoms with E-state index in [0.29, 0.717) is 0 Å². The molecule has 44 heavy (non-hydrogen) atoms. The van der Waals surface area contributed by atoms with E-state index in [4.69, 9.17) is 19.5 Å². The van der Waals surface area contributed by atoms with Crippen LogP contribution in [0.2, 0.25) is 0 Å². The molecule has 0 saturated carbocycles. The van der Waals surface area contributed by atoms with E-state index < -0.39 is 53.8 Å². The number of pyridine rings is 2. The molecule has 11 nitrogen and oxygen atoms in total. The van der Waals surface area contributed by atoms with Crippen molar-refractivity contribution in [1.29, 1.82) is 5.26 Å². The first-order chi connectivity index (χ1) is 20.0. The maximum absolute atomic E-state index is 12.6. The zero-order chi connectivity index (χ0) is 34.3. The summed E-state index contributed by atoms with van der Waals surface area (Å²) in [6.07, 6.45) is -5.58. The van der Waals surface area contributed by atoms with Gasteiger partial charge >= 0.3 is 18.4 Å². The number of nitrogens with zero attached hydrogens (tertiary/aromatic N) is 3. The predicted octanol–water partition coefficient (Wildman–Crippen LogP) is 7.81. The number of hydrogen-bond acceptors (Lipinski definition) is 10. The second-order valence-corrected chi connectivity index (χ2v) is 11.6. The molecule has 1 amide bonds. The molecule has 1 N–H and O–H groups in total. The van der Waals surface area contributed by atoms with E-state index in [1.165, 1.54) is 36.7 Å². The minimum absolute atomic E-state index is 0.0393. The van der Waals surface area contributed by atoms with Crippen molar-refractivity contribution in [3.05, 3.63) is 59.2 Å². The van der Waals surface area contributed by atoms with Gasteiger partial charge in [0, 0.05) is 18.9 Å². The molecule has 0 spiro atoms. The number of nitriles is 1. The Balaban J connectivity index is 0.000000649. The molecular formula is C29H38F4N4O7. The van der Waals surface area contributed by atoms with Crippen LogP contribution >= 0.6 is 0 Å². The standard InChI is InChI=1S/C12H16F2N2O2.C10H18O5.C7H4F2N2/c1-12(2,3)18-11(17)16-7-8-5-4-6-15-9(8)10(13)14;1-9(2,3)14-7(11)13-8(12)15-10(4,5)6;8-7(9)6-5(4-10)2-1-3-11-6/h4-6,10H,7H2,1-3H3,(H,16,17);1-6H3;1-3,7H. The summed E-state index contributed by atoms with van der Waals surface area (Å²) < 4.78 is 68.0. The Labute approximate surface area is 253 Å². The van der Waals surface area contributed by atoms with Gasteiger partial charge in [-0.25, -0.2) is 31.9 Å². The van der Waals surface area contributed by atoms with Crippen molar-refractivity contribution in [2.75, 3.05) is 0 Å². The lowest BCUT2D eigenvalue weighted by Crippen LogP contribution is -2.32. The summed E-state index contributed by atoms with van der Waals surface area (Å²) >= 11 is 0. The smallest absolute Gasteiger partial charge is 0.444 e. The SMILES string of the molecule is CC(C)(C)OC(=O)NCc1cccnc1C(F)F.CC(C)(C)OC(=O)OC(=O)OC(C)(C)C.N#Cc1cccnc1C(F)F. The topological polar surface area (TPSA) is 150 Å². The summed E-state index contributed by atoms with van der Waals surface area (Å²) in [7, 11) is 0. The summed E-state index contributed by atoms with van der Waals surface area (Å²) in [6, 6.07) is 7.43. The van der Waals surface area contributed by atoms with E-state index >= 15 is 0 Å². The molecule has 244 valence electrons. The Morgan fingerprint density at radius 3 is 1.59 bits per heavy atom. The predicted molar refractivity (Wildman–Crippen MR) is 150 cm³/mol. The molecule has 2 aromatic heterocycles. The molecule has 0 radical (unpaired) electrons. The highest BCUT2D eigenvalue weighted by Gasteiger charge is 2.24. The zero-order valence-corrected chi connectivity index (χ0v) is 26.0. The molecule has 0 fully saturated rings. The van der Waals surface area contributed by atoms with Crippen molar-refractivity contribution >= 4 is 18.4 Å². The lowest BCUT2D eigenvalue weighted by molar-refractivity contribution is -0.0294. The summed E-state index contributed by atoms with van der Waals surface area (Å²) in [5.41, 5.74) is -2.58. The third-order valence-electron chi connectivity index (χ3n) is 4.07. The number of hydrogen-bond donors (Lipinski definition) is 1. The highest BCUT2D eigenvalue weighted by Crippen LogP contribution is 2.20. The second kappa shape index (κ2) is 17.6. The molecule has 0 aromatic carbocycles. The third-order valence-corrected chi connectivity index (χ3v) is 4.07. The van der Waals surface area contributed by atoms with Gasteiger partial charge < -0.3 is 24.3 Å². The lowest BCUT2D eigenvalue weighted by Gasteiger charge is -2.20. The molecule has 2 heterocycles. The normalized spacial score (nSPS) is 11.1. The monoisotopic (exact) mass is 630 g/mol. The number of nitrogens with one attached hydrogen (secondary N) is 1. The van der Waals surface area contributed by atoms with Crippen LogP contribution in [0.15, 0.2) is 36.7 Å². The summed E-state index contributed by atoms with van der Waals surface area (Å²) in [6.45, 7) is 15.2. The average Bonchev–Trinajstić information content (AvgIpc) is 2.85. The van der Waals surface area contributed by atoms with Gasteiger partial charge in [-0.2, -0.15) is 5.26 Å². The van der Waals surface area contributed by atoms with Gasteiger partial charge in [0.2, 0.25) is 0 Å². The van der Waals surface area contributed by atoms with Crippen molar-refractivity contribution in [2.45, 2.75) is 98.5 Å². The first-order valence-corrected chi connectivity index (χ1v) is 13.0. The van der Waals surface area contributed by atoms with E-state index in [2.05, 4.69) is 20.0 Å². The van der Waals surface area contributed by atoms with Gasteiger partial charge in [-0.05, 0) is 86.1 Å². The number of carbonyl (C=O) groups is 3. The number of amides is 1.